The zero-order valence-corrected chi connectivity index (χ0v) is 14.8. The molecule has 0 radical (unpaired) electrons. The smallest absolute Gasteiger partial charge is 0.505 e. The summed E-state index contributed by atoms with van der Waals surface area (Å²) in [6, 6.07) is 11.4. The quantitative estimate of drug-likeness (QED) is 0.517. The van der Waals surface area contributed by atoms with E-state index in [0.717, 1.165) is 30.0 Å². The van der Waals surface area contributed by atoms with Gasteiger partial charge in [0.15, 0.2) is 0 Å². The van der Waals surface area contributed by atoms with Gasteiger partial charge in [0.1, 0.15) is 0 Å². The third kappa shape index (κ3) is 6.69. The largest absolute Gasteiger partial charge is 0.870 e. The maximum atomic E-state index is 5.48. The predicted molar refractivity (Wildman–Crippen MR) is 85.5 cm³/mol. The van der Waals surface area contributed by atoms with Crippen LogP contribution in [0.15, 0.2) is 30.3 Å². The van der Waals surface area contributed by atoms with E-state index in [1.807, 2.05) is 0 Å². The summed E-state index contributed by atoms with van der Waals surface area (Å²) in [5, 5.41) is 0. The molecular weight excluding hydrogens is 286 g/mol. The van der Waals surface area contributed by atoms with Gasteiger partial charge in [-0.25, -0.2) is 0 Å². The molecule has 1 aromatic rings. The maximum absolute atomic E-state index is 5.48. The molecule has 0 aliphatic rings. The van der Waals surface area contributed by atoms with Gasteiger partial charge in [-0.3, -0.25) is 0 Å². The van der Waals surface area contributed by atoms with E-state index in [1.54, 1.807) is 21.3 Å². The molecule has 1 rings (SSSR count). The van der Waals surface area contributed by atoms with Crippen LogP contribution in [0.1, 0.15) is 5.56 Å². The fraction of sp³-hybridized carbons (Fsp3) is 0.600. The van der Waals surface area contributed by atoms with Gasteiger partial charge >= 0.3 is 8.80 Å². The minimum atomic E-state index is -2.45. The Kier molecular flexibility index (Phi) is 8.96. The van der Waals surface area contributed by atoms with Crippen LogP contribution in [-0.2, 0) is 19.7 Å². The van der Waals surface area contributed by atoms with Crippen molar-refractivity contribution >= 4 is 8.80 Å². The molecular formula is C15H29NO4Si. The predicted octanol–water partition coefficient (Wildman–Crippen LogP) is 2.01. The summed E-state index contributed by atoms with van der Waals surface area (Å²) in [6.07, 6.45) is 1.08. The van der Waals surface area contributed by atoms with Gasteiger partial charge in [0, 0.05) is 27.8 Å². The number of benzene rings is 1. The molecule has 0 heterocycles. The average Bonchev–Trinajstić information content (AvgIpc) is 2.48. The molecule has 0 amide bonds. The molecule has 0 aliphatic heterocycles. The highest BCUT2D eigenvalue weighted by Gasteiger charge is 2.39. The minimum absolute atomic E-state index is 0. The Balaban J connectivity index is 0.00000400. The molecule has 0 aliphatic carbocycles. The van der Waals surface area contributed by atoms with Gasteiger partial charge in [-0.15, -0.1) is 0 Å². The lowest BCUT2D eigenvalue weighted by Gasteiger charge is -2.33. The van der Waals surface area contributed by atoms with Crippen molar-refractivity contribution in [2.75, 3.05) is 48.5 Å². The number of rotatable bonds is 9. The third-order valence-electron chi connectivity index (χ3n) is 3.80. The molecule has 0 saturated heterocycles. The van der Waals surface area contributed by atoms with Crippen LogP contribution in [0.4, 0.5) is 0 Å². The zero-order valence-electron chi connectivity index (χ0n) is 13.8. The topological polar surface area (TPSA) is 57.7 Å². The highest BCUT2D eigenvalue weighted by molar-refractivity contribution is 6.60. The Labute approximate surface area is 129 Å². The van der Waals surface area contributed by atoms with Gasteiger partial charge in [-0.1, -0.05) is 30.3 Å². The molecule has 0 unspecified atom stereocenters. The number of likely N-dealkylation sites (N-methyl/N-ethyl adjacent to an activating group) is 1. The molecule has 1 aromatic carbocycles. The van der Waals surface area contributed by atoms with Crippen molar-refractivity contribution in [2.24, 2.45) is 0 Å². The van der Waals surface area contributed by atoms with Crippen molar-refractivity contribution in [3.05, 3.63) is 35.9 Å². The normalized spacial score (nSPS) is 12.0. The molecule has 6 heteroatoms. The number of quaternary nitrogens is 1. The summed E-state index contributed by atoms with van der Waals surface area (Å²) >= 11 is 0. The molecule has 1 N–H and O–H groups in total. The van der Waals surface area contributed by atoms with E-state index in [-0.39, 0.29) is 5.48 Å². The number of hydrogen-bond donors (Lipinski definition) is 0. The molecule has 0 atom stereocenters. The second-order valence-corrected chi connectivity index (χ2v) is 8.75. The van der Waals surface area contributed by atoms with Crippen LogP contribution in [0, 0.1) is 0 Å². The van der Waals surface area contributed by atoms with Gasteiger partial charge in [0.2, 0.25) is 0 Å². The van der Waals surface area contributed by atoms with Crippen LogP contribution < -0.4 is 0 Å². The lowest BCUT2D eigenvalue weighted by Crippen LogP contribution is -2.50. The van der Waals surface area contributed by atoms with E-state index in [2.05, 4.69) is 44.4 Å². The van der Waals surface area contributed by atoms with Crippen molar-refractivity contribution in [1.29, 1.82) is 0 Å². The van der Waals surface area contributed by atoms with E-state index in [0.29, 0.717) is 0 Å². The Hall–Kier alpha value is -0.763. The maximum Gasteiger partial charge on any atom is 0.505 e. The van der Waals surface area contributed by atoms with Gasteiger partial charge in [0.05, 0.1) is 33.2 Å². The van der Waals surface area contributed by atoms with Crippen LogP contribution in [0.3, 0.4) is 0 Å². The van der Waals surface area contributed by atoms with Gasteiger partial charge in [0.25, 0.3) is 0 Å². The molecule has 5 nitrogen and oxygen atoms in total. The fourth-order valence-corrected chi connectivity index (χ4v) is 4.18. The van der Waals surface area contributed by atoms with E-state index in [1.165, 1.54) is 5.56 Å². The van der Waals surface area contributed by atoms with Crippen molar-refractivity contribution in [3.8, 4) is 0 Å². The summed E-state index contributed by atoms with van der Waals surface area (Å²) in [5.74, 6) is 0. The monoisotopic (exact) mass is 315 g/mol. The first-order valence-corrected chi connectivity index (χ1v) is 8.91. The van der Waals surface area contributed by atoms with Crippen molar-refractivity contribution in [3.63, 3.8) is 0 Å². The van der Waals surface area contributed by atoms with Crippen molar-refractivity contribution in [1.82, 2.24) is 0 Å². The summed E-state index contributed by atoms with van der Waals surface area (Å²) in [6.45, 7) is 2.07. The van der Waals surface area contributed by atoms with E-state index >= 15 is 0 Å². The second-order valence-electron chi connectivity index (χ2n) is 5.66. The highest BCUT2D eigenvalue weighted by atomic mass is 28.4. The molecule has 0 fully saturated rings. The Morgan fingerprint density at radius 1 is 0.905 bits per heavy atom. The molecule has 0 bridgehead atoms. The molecule has 0 aromatic heterocycles. The van der Waals surface area contributed by atoms with Gasteiger partial charge < -0.3 is 23.2 Å². The molecule has 0 saturated carbocycles. The highest BCUT2D eigenvalue weighted by Crippen LogP contribution is 2.15. The van der Waals surface area contributed by atoms with Crippen molar-refractivity contribution < 1.29 is 23.2 Å². The van der Waals surface area contributed by atoms with Gasteiger partial charge in [-0.05, 0) is 5.56 Å². The first-order valence-electron chi connectivity index (χ1n) is 6.98. The van der Waals surface area contributed by atoms with E-state index in [9.17, 15) is 0 Å². The van der Waals surface area contributed by atoms with Crippen LogP contribution >= 0.6 is 0 Å². The number of nitrogens with zero attached hydrogens (tertiary/aromatic N) is 1. The lowest BCUT2D eigenvalue weighted by atomic mass is 10.1. The first kappa shape index (κ1) is 20.2. The first-order chi connectivity index (χ1) is 9.47. The van der Waals surface area contributed by atoms with Gasteiger partial charge in [-0.2, -0.15) is 0 Å². The third-order valence-corrected chi connectivity index (χ3v) is 6.51. The average molecular weight is 315 g/mol. The summed E-state index contributed by atoms with van der Waals surface area (Å²) in [7, 11) is 7.04. The summed E-state index contributed by atoms with van der Waals surface area (Å²) in [5.41, 5.74) is 1.38. The van der Waals surface area contributed by atoms with Crippen molar-refractivity contribution in [2.45, 2.75) is 12.5 Å². The van der Waals surface area contributed by atoms with Crippen LogP contribution in [0.5, 0.6) is 0 Å². The fourth-order valence-electron chi connectivity index (χ4n) is 2.18. The molecule has 0 spiro atoms. The van der Waals surface area contributed by atoms with Crippen LogP contribution in [-0.4, -0.2) is 67.3 Å². The molecule has 122 valence electrons. The Bertz CT molecular complexity index is 374. The molecule has 21 heavy (non-hydrogen) atoms. The van der Waals surface area contributed by atoms with Crippen LogP contribution in [0.25, 0.3) is 0 Å². The zero-order chi connectivity index (χ0) is 15.1. The number of hydrogen-bond acceptors (Lipinski definition) is 4. The SMILES string of the molecule is CO[Si](CC[N+](C)(C)CCc1ccccc1)(OC)OC.[OH-]. The Morgan fingerprint density at radius 3 is 1.90 bits per heavy atom. The summed E-state index contributed by atoms with van der Waals surface area (Å²) < 4.78 is 17.4. The summed E-state index contributed by atoms with van der Waals surface area (Å²) in [4.78, 5) is 0. The standard InChI is InChI=1S/C15H28NO3Si.H2O/c1-16(2,12-11-15-9-7-6-8-10-15)13-14-20(17-3,18-4)19-5;/h6-10H,11-14H2,1-5H3;1H2/q+1;/p-1. The van der Waals surface area contributed by atoms with E-state index in [4.69, 9.17) is 13.3 Å². The van der Waals surface area contributed by atoms with Crippen LogP contribution in [0.2, 0.25) is 6.04 Å². The Morgan fingerprint density at radius 2 is 1.43 bits per heavy atom. The van der Waals surface area contributed by atoms with E-state index < -0.39 is 8.80 Å². The minimum Gasteiger partial charge on any atom is -0.870 e. The second kappa shape index (κ2) is 9.29. The lowest BCUT2D eigenvalue weighted by molar-refractivity contribution is -0.888.